The Morgan fingerprint density at radius 3 is 2.95 bits per heavy atom. The molecule has 0 N–H and O–H groups in total. The number of Topliss-reactive ketones (excluding diaryl/α,β-unsaturated/α-hetero) is 1. The van der Waals surface area contributed by atoms with E-state index in [-0.39, 0.29) is 17.2 Å². The van der Waals surface area contributed by atoms with Gasteiger partial charge in [-0.15, -0.1) is 0 Å². The highest BCUT2D eigenvalue weighted by Crippen LogP contribution is 2.56. The number of rotatable bonds is 2. The molecular formula is C17H22O3. The topological polar surface area (TPSA) is 43.4 Å². The highest BCUT2D eigenvalue weighted by atomic mass is 16.5. The summed E-state index contributed by atoms with van der Waals surface area (Å²) in [5, 5.41) is 0. The third kappa shape index (κ3) is 1.72. The number of carbonyl (C=O) groups is 2. The van der Waals surface area contributed by atoms with Crippen molar-refractivity contribution in [3.8, 4) is 0 Å². The van der Waals surface area contributed by atoms with E-state index < -0.39 is 5.41 Å². The van der Waals surface area contributed by atoms with E-state index in [1.807, 2.05) is 18.2 Å². The highest BCUT2D eigenvalue weighted by Gasteiger charge is 2.59. The molecule has 1 fully saturated rings. The van der Waals surface area contributed by atoms with E-state index in [9.17, 15) is 9.59 Å². The molecule has 3 aliphatic rings. The molecule has 1 spiro atoms. The van der Waals surface area contributed by atoms with Crippen molar-refractivity contribution in [1.29, 1.82) is 0 Å². The Balaban J connectivity index is 2.10. The third-order valence-corrected chi connectivity index (χ3v) is 5.37. The maximum absolute atomic E-state index is 13.3. The second-order valence-electron chi connectivity index (χ2n) is 6.28. The quantitative estimate of drug-likeness (QED) is 0.441. The van der Waals surface area contributed by atoms with Gasteiger partial charge in [0, 0.05) is 5.41 Å². The van der Waals surface area contributed by atoms with Crippen molar-refractivity contribution in [2.45, 2.75) is 45.4 Å². The van der Waals surface area contributed by atoms with Gasteiger partial charge in [0.2, 0.25) is 0 Å². The lowest BCUT2D eigenvalue weighted by atomic mass is 9.64. The monoisotopic (exact) mass is 274 g/mol. The first-order valence-corrected chi connectivity index (χ1v) is 7.70. The summed E-state index contributed by atoms with van der Waals surface area (Å²) in [5.74, 6) is 0.148. The lowest BCUT2D eigenvalue weighted by Gasteiger charge is -2.36. The zero-order valence-corrected chi connectivity index (χ0v) is 12.1. The number of fused-ring (bicyclic) bond motifs is 1. The Hall–Kier alpha value is -1.38. The van der Waals surface area contributed by atoms with E-state index in [1.54, 1.807) is 6.92 Å². The fourth-order valence-corrected chi connectivity index (χ4v) is 4.33. The number of ether oxygens (including phenoxy) is 1. The van der Waals surface area contributed by atoms with E-state index in [4.69, 9.17) is 4.74 Å². The minimum Gasteiger partial charge on any atom is -0.465 e. The molecule has 20 heavy (non-hydrogen) atoms. The van der Waals surface area contributed by atoms with Gasteiger partial charge < -0.3 is 4.74 Å². The van der Waals surface area contributed by atoms with Crippen LogP contribution in [0.3, 0.4) is 0 Å². The van der Waals surface area contributed by atoms with E-state index >= 15 is 0 Å². The van der Waals surface area contributed by atoms with Gasteiger partial charge in [0.1, 0.15) is 5.41 Å². The lowest BCUT2D eigenvalue weighted by Crippen LogP contribution is -2.47. The van der Waals surface area contributed by atoms with Crippen molar-refractivity contribution in [2.75, 3.05) is 6.61 Å². The van der Waals surface area contributed by atoms with Crippen molar-refractivity contribution in [1.82, 2.24) is 0 Å². The number of hydrogen-bond acceptors (Lipinski definition) is 3. The zero-order valence-electron chi connectivity index (χ0n) is 12.1. The summed E-state index contributed by atoms with van der Waals surface area (Å²) in [6.45, 7) is 2.11. The van der Waals surface area contributed by atoms with Crippen molar-refractivity contribution >= 4 is 11.8 Å². The van der Waals surface area contributed by atoms with Crippen LogP contribution in [0.15, 0.2) is 24.3 Å². The van der Waals surface area contributed by atoms with Gasteiger partial charge in [0.05, 0.1) is 6.61 Å². The van der Waals surface area contributed by atoms with Crippen LogP contribution in [0.25, 0.3) is 0 Å². The Kier molecular flexibility index (Phi) is 3.31. The Bertz CT molecular complexity index is 490. The van der Waals surface area contributed by atoms with Crippen LogP contribution in [0, 0.1) is 16.7 Å². The molecule has 3 heteroatoms. The van der Waals surface area contributed by atoms with Crippen molar-refractivity contribution in [3.63, 3.8) is 0 Å². The first kappa shape index (κ1) is 13.6. The summed E-state index contributed by atoms with van der Waals surface area (Å²) in [4.78, 5) is 25.8. The van der Waals surface area contributed by atoms with Crippen LogP contribution >= 0.6 is 0 Å². The molecule has 0 aromatic carbocycles. The lowest BCUT2D eigenvalue weighted by molar-refractivity contribution is -0.160. The second-order valence-corrected chi connectivity index (χ2v) is 6.28. The molecule has 0 saturated heterocycles. The van der Waals surface area contributed by atoms with Crippen LogP contribution in [0.4, 0.5) is 0 Å². The molecule has 0 unspecified atom stereocenters. The molecule has 3 atom stereocenters. The molecule has 3 aliphatic carbocycles. The highest BCUT2D eigenvalue weighted by molar-refractivity contribution is 6.09. The minimum absolute atomic E-state index is 0.115. The Labute approximate surface area is 120 Å². The normalized spacial score (nSPS) is 39.0. The first-order valence-electron chi connectivity index (χ1n) is 7.70. The van der Waals surface area contributed by atoms with Crippen LogP contribution in [0.5, 0.6) is 0 Å². The third-order valence-electron chi connectivity index (χ3n) is 5.37. The van der Waals surface area contributed by atoms with E-state index in [0.717, 1.165) is 32.1 Å². The molecule has 0 radical (unpaired) electrons. The molecule has 0 aromatic rings. The van der Waals surface area contributed by atoms with Crippen LogP contribution in [0.2, 0.25) is 0 Å². The molecule has 3 rings (SSSR count). The predicted molar refractivity (Wildman–Crippen MR) is 76.0 cm³/mol. The van der Waals surface area contributed by atoms with Gasteiger partial charge in [-0.3, -0.25) is 9.59 Å². The summed E-state index contributed by atoms with van der Waals surface area (Å²) in [6.07, 6.45) is 13.3. The number of carbonyl (C=O) groups excluding carboxylic acids is 2. The summed E-state index contributed by atoms with van der Waals surface area (Å²) < 4.78 is 5.24. The maximum Gasteiger partial charge on any atom is 0.323 e. The molecule has 108 valence electrons. The number of hydrogen-bond donors (Lipinski definition) is 0. The van der Waals surface area contributed by atoms with Gasteiger partial charge in [0.25, 0.3) is 0 Å². The summed E-state index contributed by atoms with van der Waals surface area (Å²) >= 11 is 0. The van der Waals surface area contributed by atoms with Gasteiger partial charge in [-0.2, -0.15) is 0 Å². The van der Waals surface area contributed by atoms with Gasteiger partial charge in [-0.1, -0.05) is 30.7 Å². The average Bonchev–Trinajstić information content (AvgIpc) is 2.75. The van der Waals surface area contributed by atoms with Crippen LogP contribution in [-0.4, -0.2) is 18.4 Å². The second kappa shape index (κ2) is 4.87. The molecule has 0 aromatic heterocycles. The fourth-order valence-electron chi connectivity index (χ4n) is 4.33. The summed E-state index contributed by atoms with van der Waals surface area (Å²) in [6, 6.07) is 0. The number of esters is 1. The fraction of sp³-hybridized carbons (Fsp3) is 0.647. The van der Waals surface area contributed by atoms with E-state index in [2.05, 4.69) is 6.08 Å². The first-order chi connectivity index (χ1) is 9.66. The van der Waals surface area contributed by atoms with Crippen LogP contribution in [0.1, 0.15) is 45.4 Å². The number of ketones is 1. The molecule has 0 amide bonds. The Morgan fingerprint density at radius 1 is 1.35 bits per heavy atom. The van der Waals surface area contributed by atoms with Crippen LogP contribution in [-0.2, 0) is 14.3 Å². The predicted octanol–water partition coefficient (Wildman–Crippen LogP) is 3.20. The zero-order chi connectivity index (χ0) is 14.2. The molecule has 2 bridgehead atoms. The van der Waals surface area contributed by atoms with E-state index in [1.165, 1.54) is 0 Å². The van der Waals surface area contributed by atoms with Crippen molar-refractivity contribution in [2.24, 2.45) is 16.7 Å². The van der Waals surface area contributed by atoms with Crippen molar-refractivity contribution < 1.29 is 14.3 Å². The maximum atomic E-state index is 13.3. The van der Waals surface area contributed by atoms with Crippen molar-refractivity contribution in [3.05, 3.63) is 24.3 Å². The smallest absolute Gasteiger partial charge is 0.323 e. The summed E-state index contributed by atoms with van der Waals surface area (Å²) in [5.41, 5.74) is -1.40. The van der Waals surface area contributed by atoms with Gasteiger partial charge in [0.15, 0.2) is 5.78 Å². The molecule has 3 nitrogen and oxygen atoms in total. The van der Waals surface area contributed by atoms with E-state index in [0.29, 0.717) is 18.9 Å². The van der Waals surface area contributed by atoms with Gasteiger partial charge in [-0.05, 0) is 44.9 Å². The Morgan fingerprint density at radius 2 is 2.15 bits per heavy atom. The molecule has 1 saturated carbocycles. The SMILES string of the molecule is CCOC(=O)[C@@]12C=CC[C@@H]3CCC[C@]3(CC=CC1)C2=O. The molecular weight excluding hydrogens is 252 g/mol. The molecule has 0 aliphatic heterocycles. The van der Waals surface area contributed by atoms with Gasteiger partial charge in [-0.25, -0.2) is 0 Å². The average molecular weight is 274 g/mol. The van der Waals surface area contributed by atoms with Crippen LogP contribution < -0.4 is 0 Å². The standard InChI is InChI=1S/C17H22O3/c1-2-20-15(19)17-10-4-3-9-16(14(17)18)11-5-7-13(16)8-6-12-17/h3-4,6,12-13H,2,5,7-11H2,1H3/t13-,16-,17+/m0/s1. The largest absolute Gasteiger partial charge is 0.465 e. The van der Waals surface area contributed by atoms with Gasteiger partial charge >= 0.3 is 5.97 Å². The summed E-state index contributed by atoms with van der Waals surface area (Å²) in [7, 11) is 0. The minimum atomic E-state index is -1.07. The molecule has 0 heterocycles. The number of allylic oxidation sites excluding steroid dienone is 3.